The standard InChI is InChI=1S/C13H14BrN3/c1-3-4-15-13-16-5-6-17(13)12-8-10(2)7-11(14)9-12/h3,5-9H,1,4H2,2H3,(H,15,16). The Bertz CT molecular complexity index is 511. The molecule has 2 rings (SSSR count). The van der Waals surface area contributed by atoms with Crippen LogP contribution in [-0.2, 0) is 0 Å². The molecule has 0 bridgehead atoms. The maximum Gasteiger partial charge on any atom is 0.207 e. The van der Waals surface area contributed by atoms with Gasteiger partial charge in [-0.2, -0.15) is 0 Å². The molecule has 0 unspecified atom stereocenters. The molecule has 4 heteroatoms. The van der Waals surface area contributed by atoms with Gasteiger partial charge in [0, 0.05) is 29.1 Å². The minimum atomic E-state index is 0.698. The summed E-state index contributed by atoms with van der Waals surface area (Å²) in [7, 11) is 0. The topological polar surface area (TPSA) is 29.9 Å². The number of rotatable bonds is 4. The SMILES string of the molecule is C=CCNc1nccn1-c1cc(C)cc(Br)c1. The maximum absolute atomic E-state index is 4.28. The van der Waals surface area contributed by atoms with Crippen LogP contribution in [0, 0.1) is 6.92 Å². The van der Waals surface area contributed by atoms with E-state index in [1.165, 1.54) is 5.56 Å². The molecule has 0 spiro atoms. The molecule has 17 heavy (non-hydrogen) atoms. The molecule has 1 heterocycles. The minimum Gasteiger partial charge on any atom is -0.352 e. The van der Waals surface area contributed by atoms with Crippen molar-refractivity contribution in [1.82, 2.24) is 9.55 Å². The molecule has 0 atom stereocenters. The van der Waals surface area contributed by atoms with Crippen molar-refractivity contribution in [3.05, 3.63) is 53.3 Å². The second kappa shape index (κ2) is 5.19. The lowest BCUT2D eigenvalue weighted by atomic mass is 10.2. The van der Waals surface area contributed by atoms with E-state index in [1.54, 1.807) is 6.20 Å². The van der Waals surface area contributed by atoms with E-state index < -0.39 is 0 Å². The average Bonchev–Trinajstić information content (AvgIpc) is 2.73. The summed E-state index contributed by atoms with van der Waals surface area (Å²) in [5.41, 5.74) is 2.29. The monoisotopic (exact) mass is 291 g/mol. The van der Waals surface area contributed by atoms with Crippen LogP contribution >= 0.6 is 15.9 Å². The summed E-state index contributed by atoms with van der Waals surface area (Å²) in [4.78, 5) is 4.28. The van der Waals surface area contributed by atoms with Gasteiger partial charge in [0.15, 0.2) is 0 Å². The highest BCUT2D eigenvalue weighted by molar-refractivity contribution is 9.10. The molecule has 0 amide bonds. The molecule has 88 valence electrons. The van der Waals surface area contributed by atoms with Gasteiger partial charge in [-0.1, -0.05) is 22.0 Å². The molecule has 0 aliphatic carbocycles. The van der Waals surface area contributed by atoms with Crippen LogP contribution in [0.2, 0.25) is 0 Å². The van der Waals surface area contributed by atoms with Gasteiger partial charge in [0.1, 0.15) is 0 Å². The molecule has 0 fully saturated rings. The van der Waals surface area contributed by atoms with Gasteiger partial charge in [-0.15, -0.1) is 6.58 Å². The summed E-state index contributed by atoms with van der Waals surface area (Å²) in [5, 5.41) is 3.20. The molecule has 0 aliphatic rings. The molecule has 0 saturated carbocycles. The molecular formula is C13H14BrN3. The van der Waals surface area contributed by atoms with E-state index in [4.69, 9.17) is 0 Å². The van der Waals surface area contributed by atoms with Gasteiger partial charge in [-0.05, 0) is 30.7 Å². The Morgan fingerprint density at radius 1 is 1.47 bits per heavy atom. The van der Waals surface area contributed by atoms with Crippen LogP contribution in [0.1, 0.15) is 5.56 Å². The number of nitrogens with one attached hydrogen (secondary N) is 1. The fourth-order valence-corrected chi connectivity index (χ4v) is 2.26. The third-order valence-electron chi connectivity index (χ3n) is 2.35. The van der Waals surface area contributed by atoms with E-state index >= 15 is 0 Å². The summed E-state index contributed by atoms with van der Waals surface area (Å²) >= 11 is 3.51. The van der Waals surface area contributed by atoms with E-state index in [9.17, 15) is 0 Å². The largest absolute Gasteiger partial charge is 0.352 e. The van der Waals surface area contributed by atoms with Crippen molar-refractivity contribution in [2.45, 2.75) is 6.92 Å². The Balaban J connectivity index is 2.38. The van der Waals surface area contributed by atoms with Crippen LogP contribution in [0.3, 0.4) is 0 Å². The van der Waals surface area contributed by atoms with E-state index in [-0.39, 0.29) is 0 Å². The zero-order valence-electron chi connectivity index (χ0n) is 9.65. The van der Waals surface area contributed by atoms with E-state index in [1.807, 2.05) is 16.8 Å². The number of aryl methyl sites for hydroxylation is 1. The number of hydrogen-bond acceptors (Lipinski definition) is 2. The van der Waals surface area contributed by atoms with E-state index in [0.717, 1.165) is 16.1 Å². The smallest absolute Gasteiger partial charge is 0.207 e. The summed E-state index contributed by atoms with van der Waals surface area (Å²) < 4.78 is 3.08. The van der Waals surface area contributed by atoms with Gasteiger partial charge in [0.25, 0.3) is 0 Å². The zero-order chi connectivity index (χ0) is 12.3. The molecule has 1 aromatic heterocycles. The second-order valence-electron chi connectivity index (χ2n) is 3.78. The first kappa shape index (κ1) is 11.9. The predicted molar refractivity (Wildman–Crippen MR) is 74.7 cm³/mol. The highest BCUT2D eigenvalue weighted by Crippen LogP contribution is 2.21. The highest BCUT2D eigenvalue weighted by Gasteiger charge is 2.04. The lowest BCUT2D eigenvalue weighted by Crippen LogP contribution is -2.05. The number of imidazole rings is 1. The Morgan fingerprint density at radius 2 is 2.29 bits per heavy atom. The number of hydrogen-bond donors (Lipinski definition) is 1. The molecule has 0 radical (unpaired) electrons. The first-order valence-electron chi connectivity index (χ1n) is 5.36. The van der Waals surface area contributed by atoms with Crippen molar-refractivity contribution in [2.24, 2.45) is 0 Å². The van der Waals surface area contributed by atoms with Crippen LogP contribution in [0.4, 0.5) is 5.95 Å². The van der Waals surface area contributed by atoms with Crippen LogP contribution in [-0.4, -0.2) is 16.1 Å². The van der Waals surface area contributed by atoms with E-state index in [0.29, 0.717) is 6.54 Å². The third kappa shape index (κ3) is 2.77. The first-order chi connectivity index (χ1) is 8.20. The Labute approximate surface area is 109 Å². The van der Waals surface area contributed by atoms with Crippen LogP contribution in [0.5, 0.6) is 0 Å². The van der Waals surface area contributed by atoms with E-state index in [2.05, 4.69) is 57.9 Å². The normalized spacial score (nSPS) is 10.2. The lowest BCUT2D eigenvalue weighted by molar-refractivity contribution is 1.03. The fraction of sp³-hybridized carbons (Fsp3) is 0.154. The molecule has 2 aromatic rings. The van der Waals surface area contributed by atoms with Gasteiger partial charge in [-0.3, -0.25) is 4.57 Å². The fourth-order valence-electron chi connectivity index (χ4n) is 1.66. The van der Waals surface area contributed by atoms with Gasteiger partial charge >= 0.3 is 0 Å². The quantitative estimate of drug-likeness (QED) is 0.873. The van der Waals surface area contributed by atoms with Crippen LogP contribution < -0.4 is 5.32 Å². The molecule has 0 saturated heterocycles. The predicted octanol–water partition coefficient (Wildman–Crippen LogP) is 3.54. The lowest BCUT2D eigenvalue weighted by Gasteiger charge is -2.09. The minimum absolute atomic E-state index is 0.698. The maximum atomic E-state index is 4.28. The van der Waals surface area contributed by atoms with Gasteiger partial charge in [-0.25, -0.2) is 4.98 Å². The average molecular weight is 292 g/mol. The van der Waals surface area contributed by atoms with Crippen LogP contribution in [0.25, 0.3) is 5.69 Å². The Kier molecular flexibility index (Phi) is 3.64. The van der Waals surface area contributed by atoms with Crippen molar-refractivity contribution in [3.63, 3.8) is 0 Å². The van der Waals surface area contributed by atoms with Gasteiger partial charge < -0.3 is 5.32 Å². The van der Waals surface area contributed by atoms with Crippen molar-refractivity contribution < 1.29 is 0 Å². The number of anilines is 1. The van der Waals surface area contributed by atoms with Crippen molar-refractivity contribution >= 4 is 21.9 Å². The third-order valence-corrected chi connectivity index (χ3v) is 2.81. The summed E-state index contributed by atoms with van der Waals surface area (Å²) in [5.74, 6) is 0.822. The number of nitrogens with zero attached hydrogens (tertiary/aromatic N) is 2. The highest BCUT2D eigenvalue weighted by atomic mass is 79.9. The zero-order valence-corrected chi connectivity index (χ0v) is 11.2. The Hall–Kier alpha value is -1.55. The van der Waals surface area contributed by atoms with Gasteiger partial charge in [0.05, 0.1) is 0 Å². The number of aromatic nitrogens is 2. The molecule has 1 aromatic carbocycles. The number of benzene rings is 1. The number of halogens is 1. The summed E-state index contributed by atoms with van der Waals surface area (Å²) in [6.45, 7) is 6.45. The second-order valence-corrected chi connectivity index (χ2v) is 4.69. The Morgan fingerprint density at radius 3 is 3.00 bits per heavy atom. The molecule has 0 aliphatic heterocycles. The van der Waals surface area contributed by atoms with Gasteiger partial charge in [0.2, 0.25) is 5.95 Å². The molecular weight excluding hydrogens is 278 g/mol. The summed E-state index contributed by atoms with van der Waals surface area (Å²) in [6, 6.07) is 6.26. The van der Waals surface area contributed by atoms with Crippen LogP contribution in [0.15, 0.2) is 47.7 Å². The van der Waals surface area contributed by atoms with Crippen molar-refractivity contribution in [2.75, 3.05) is 11.9 Å². The molecule has 3 nitrogen and oxygen atoms in total. The van der Waals surface area contributed by atoms with Crippen molar-refractivity contribution in [3.8, 4) is 5.69 Å². The first-order valence-corrected chi connectivity index (χ1v) is 6.15. The molecule has 1 N–H and O–H groups in total. The summed E-state index contributed by atoms with van der Waals surface area (Å²) in [6.07, 6.45) is 5.53. The van der Waals surface area contributed by atoms with Crippen molar-refractivity contribution in [1.29, 1.82) is 0 Å².